The van der Waals surface area contributed by atoms with Crippen LogP contribution in [0.25, 0.3) is 112 Å². The molecular weight excluding hydrogens is 1810 g/mol. The van der Waals surface area contributed by atoms with Crippen LogP contribution >= 0.6 is 0 Å². The van der Waals surface area contributed by atoms with Crippen LogP contribution in [0.2, 0.25) is 0 Å². The zero-order valence-electron chi connectivity index (χ0n) is 69.2. The van der Waals surface area contributed by atoms with Crippen molar-refractivity contribution in [2.24, 2.45) is 20.6 Å². The van der Waals surface area contributed by atoms with E-state index in [0.717, 1.165) is 103 Å². The van der Waals surface area contributed by atoms with Gasteiger partial charge in [0.15, 0.2) is 22.8 Å². The minimum atomic E-state index is -4.67. The molecule has 8 aromatic heterocycles. The molecule has 1 aliphatic carbocycles. The predicted molar refractivity (Wildman–Crippen MR) is 470 cm³/mol. The van der Waals surface area contributed by atoms with Gasteiger partial charge in [0.05, 0.1) is 65.1 Å². The first-order chi connectivity index (χ1) is 62.3. The first-order valence-electron chi connectivity index (χ1n) is 39.6. The number of rotatable bonds is 19. The number of nitrogens with two attached hydrogens (primary N) is 4. The second-order valence-corrected chi connectivity index (χ2v) is 36.5. The van der Waals surface area contributed by atoms with Gasteiger partial charge in [0, 0.05) is 71.8 Å². The van der Waals surface area contributed by atoms with Crippen LogP contribution < -0.4 is 20.6 Å². The summed E-state index contributed by atoms with van der Waals surface area (Å²) < 4.78 is 260. The van der Waals surface area contributed by atoms with E-state index in [1.165, 1.54) is 111 Å². The molecule has 1 fully saturated rings. The summed E-state index contributed by atoms with van der Waals surface area (Å²) >= 11 is 0. The molecule has 0 amide bonds. The van der Waals surface area contributed by atoms with Crippen molar-refractivity contribution in [1.82, 2.24) is 59.1 Å². The molecule has 17 rings (SSSR count). The van der Waals surface area contributed by atoms with E-state index in [1.54, 1.807) is 79.9 Å². The zero-order valence-corrected chi connectivity index (χ0v) is 72.4. The topological polar surface area (TPSA) is 363 Å². The molecule has 8 aromatic carbocycles. The zero-order chi connectivity index (χ0) is 94.8. The third-order valence-corrected chi connectivity index (χ3v) is 24.6. The maximum atomic E-state index is 13.7. The summed E-state index contributed by atoms with van der Waals surface area (Å²) in [5.74, 6) is 0.285. The smallest absolute Gasteiger partial charge is 0.265 e. The Hall–Kier alpha value is -14.0. The number of halogens is 12. The van der Waals surface area contributed by atoms with Gasteiger partial charge in [0.2, 0.25) is 40.1 Å². The van der Waals surface area contributed by atoms with E-state index >= 15 is 0 Å². The molecule has 16 aromatic rings. The number of aryl methyl sites for hydroxylation is 1. The maximum absolute atomic E-state index is 13.7. The van der Waals surface area contributed by atoms with Crippen LogP contribution in [0.15, 0.2) is 318 Å². The Labute approximate surface area is 747 Å². The maximum Gasteiger partial charge on any atom is 0.435 e. The lowest BCUT2D eigenvalue weighted by molar-refractivity contribution is -0.142. The van der Waals surface area contributed by atoms with E-state index in [9.17, 15) is 86.4 Å². The molecule has 132 heavy (non-hydrogen) atoms. The minimum absolute atomic E-state index is 0.0175. The molecule has 1 aliphatic rings. The van der Waals surface area contributed by atoms with Crippen molar-refractivity contribution in [2.45, 2.75) is 96.2 Å². The van der Waals surface area contributed by atoms with Crippen molar-refractivity contribution in [1.29, 1.82) is 0 Å². The van der Waals surface area contributed by atoms with Crippen LogP contribution in [-0.4, -0.2) is 92.7 Å². The predicted octanol–water partition coefficient (Wildman–Crippen LogP) is 19.6. The lowest BCUT2D eigenvalue weighted by atomic mass is 9.91. The summed E-state index contributed by atoms with van der Waals surface area (Å²) in [6, 6.07) is 63.4. The summed E-state index contributed by atoms with van der Waals surface area (Å²) in [7, 11) is -15.8. The van der Waals surface area contributed by atoms with Crippen molar-refractivity contribution in [3.8, 4) is 112 Å². The Bertz CT molecular complexity index is 7160. The molecule has 8 heterocycles. The fraction of sp³-hybridized carbons (Fsp3) is 0.130. The first-order valence-corrected chi connectivity index (χ1v) is 45.8. The number of benzene rings is 8. The van der Waals surface area contributed by atoms with Crippen LogP contribution in [0.3, 0.4) is 0 Å². The molecule has 0 saturated heterocycles. The molecule has 0 atom stereocenters. The third-order valence-electron chi connectivity index (χ3n) is 20.9. The second-order valence-electron chi connectivity index (χ2n) is 30.2. The third kappa shape index (κ3) is 22.0. The van der Waals surface area contributed by atoms with E-state index in [0.29, 0.717) is 28.7 Å². The van der Waals surface area contributed by atoms with Crippen LogP contribution in [0.5, 0.6) is 0 Å². The lowest BCUT2D eigenvalue weighted by Crippen LogP contribution is -2.12. The normalized spacial score (nSPS) is 12.8. The van der Waals surface area contributed by atoms with Crippen molar-refractivity contribution in [3.63, 3.8) is 0 Å². The summed E-state index contributed by atoms with van der Waals surface area (Å²) in [6.45, 7) is 5.83. The number of hydrogen-bond acceptors (Lipinski definition) is 16. The average Bonchev–Trinajstić information content (AvgIpc) is 1.62. The highest BCUT2D eigenvalue weighted by atomic mass is 32.2. The van der Waals surface area contributed by atoms with Gasteiger partial charge in [0.1, 0.15) is 0 Å². The Morgan fingerprint density at radius 3 is 0.894 bits per heavy atom. The number of nitrogens with zero attached hydrogens (tertiary/aromatic N) is 12. The summed E-state index contributed by atoms with van der Waals surface area (Å²) in [4.78, 5) is 15.4. The van der Waals surface area contributed by atoms with Crippen molar-refractivity contribution in [3.05, 3.63) is 338 Å². The highest BCUT2D eigenvalue weighted by molar-refractivity contribution is 7.90. The minimum Gasteiger partial charge on any atom is -0.265 e. The van der Waals surface area contributed by atoms with Gasteiger partial charge in [-0.25, -0.2) is 73.0 Å². The van der Waals surface area contributed by atoms with E-state index in [-0.39, 0.29) is 76.9 Å². The summed E-state index contributed by atoms with van der Waals surface area (Å²) in [5.41, 5.74) is 9.52. The van der Waals surface area contributed by atoms with Gasteiger partial charge >= 0.3 is 24.7 Å². The average molecular weight is 1890 g/mol. The van der Waals surface area contributed by atoms with Crippen LogP contribution in [0.1, 0.15) is 84.9 Å². The molecule has 1 saturated carbocycles. The molecule has 40 heteroatoms. The Kier molecular flexibility index (Phi) is 26.7. The molecule has 0 spiro atoms. The van der Waals surface area contributed by atoms with Crippen LogP contribution in [0.4, 0.5) is 52.7 Å². The number of sulfonamides is 4. The van der Waals surface area contributed by atoms with Gasteiger partial charge in [0.25, 0.3) is 0 Å². The van der Waals surface area contributed by atoms with E-state index in [2.05, 4.69) is 40.3 Å². The van der Waals surface area contributed by atoms with Gasteiger partial charge in [-0.15, -0.1) is 0 Å². The highest BCUT2D eigenvalue weighted by Crippen LogP contribution is 2.48. The number of primary sulfonamides is 4. The SMILES string of the molecule is CC(C)c1ccc(-c2ccncc2)cc1-c1cc(C(F)(F)F)nn1-c1ccc(S(N)(=O)=O)cc1.CCc1ccc(-c2ccncc2)cc1-c1cc(C(F)(F)F)nn1-c1ccc(S(N)(=O)=O)cc1.NS(=O)(=O)c1ccc(-n2nc(C(F)(F)F)cc2-c2cc(-c3ccncc3)ccc2C2CC2)cc1.NS(=O)(=O)c1ccc(-n2nc(C(F)(F)F)cc2-c2cccc(-c3ccncc3)c2)cc1. The molecule has 24 nitrogen and oxygen atoms in total. The summed E-state index contributed by atoms with van der Waals surface area (Å²) in [5, 5.41) is 35.7. The Balaban J connectivity index is 0.000000142. The molecule has 678 valence electrons. The molecule has 8 N–H and O–H groups in total. The molecular formula is C92H74F12N16O8S4. The second kappa shape index (κ2) is 37.5. The molecule has 0 bridgehead atoms. The molecule has 0 unspecified atom stereocenters. The van der Waals surface area contributed by atoms with E-state index in [1.807, 2.05) is 118 Å². The monoisotopic (exact) mass is 1890 g/mol. The van der Waals surface area contributed by atoms with Gasteiger partial charge in [-0.05, 0) is 286 Å². The van der Waals surface area contributed by atoms with Gasteiger partial charge < -0.3 is 0 Å². The number of pyridine rings is 4. The van der Waals surface area contributed by atoms with Crippen molar-refractivity contribution in [2.75, 3.05) is 0 Å². The van der Waals surface area contributed by atoms with Crippen molar-refractivity contribution < 1.29 is 86.4 Å². The van der Waals surface area contributed by atoms with Gasteiger partial charge in [-0.2, -0.15) is 73.1 Å². The molecule has 0 aliphatic heterocycles. The Morgan fingerprint density at radius 2 is 0.583 bits per heavy atom. The lowest BCUT2D eigenvalue weighted by Gasteiger charge is -2.16. The fourth-order valence-electron chi connectivity index (χ4n) is 14.3. The summed E-state index contributed by atoms with van der Waals surface area (Å²) in [6.07, 6.45) is -2.98. The Morgan fingerprint density at radius 1 is 0.311 bits per heavy atom. The largest absolute Gasteiger partial charge is 0.435 e. The quantitative estimate of drug-likeness (QED) is 0.0546. The number of hydrogen-bond donors (Lipinski definition) is 4. The van der Waals surface area contributed by atoms with E-state index in [4.69, 9.17) is 20.6 Å². The van der Waals surface area contributed by atoms with Gasteiger partial charge in [-0.1, -0.05) is 75.4 Å². The fourth-order valence-corrected chi connectivity index (χ4v) is 16.3. The number of alkyl halides is 12. The number of aromatic nitrogens is 12. The van der Waals surface area contributed by atoms with Gasteiger partial charge in [-0.3, -0.25) is 19.9 Å². The standard InChI is InChI=1S/C24H19F3N4O2S.C24H21F3N4O2S.C23H19F3N4O2S.C21H15F3N4O2S/c25-24(26,27)23-14-22(31(30-23)18-4-6-19(7-5-18)34(28,32)33)21-13-17(15-9-11-29-12-10-15)3-8-20(21)16-1-2-16;1-15(2)20-8-3-17(16-9-11-29-12-10-16)13-21(20)22-14-23(24(25,26)27)30-31(22)18-4-6-19(7-5-18)34(28,32)33;1-2-15-3-4-17(16-9-11-28-12-10-16)13-20(15)21-14-22(23(24,25)26)29-30(21)18-5-7-19(8-6-18)33(27,31)32;22-21(23,24)20-13-19(16-3-1-2-15(12-16)14-8-10-26-11-9-14)28(27-20)17-4-6-18(7-5-17)31(25,29)30/h3-14,16H,1-2H2,(H2,28,32,33);3-15H,1-2H3,(H2,28,32,33);3-14H,2H2,1H3,(H2,27,31,32);1-13H,(H2,25,29,30). The first kappa shape index (κ1) is 94.1. The van der Waals surface area contributed by atoms with Crippen LogP contribution in [-0.2, 0) is 71.2 Å². The van der Waals surface area contributed by atoms with Crippen LogP contribution in [0, 0.1) is 0 Å². The molecule has 0 radical (unpaired) electrons. The highest BCUT2D eigenvalue weighted by Gasteiger charge is 2.40. The van der Waals surface area contributed by atoms with Crippen molar-refractivity contribution >= 4 is 40.1 Å². The van der Waals surface area contributed by atoms with E-state index < -0.39 is 87.6 Å².